The fourth-order valence-electron chi connectivity index (χ4n) is 10.7. The van der Waals surface area contributed by atoms with Crippen LogP contribution in [0.3, 0.4) is 0 Å². The van der Waals surface area contributed by atoms with E-state index in [4.69, 9.17) is 4.74 Å². The van der Waals surface area contributed by atoms with E-state index in [0.29, 0.717) is 13.0 Å². The summed E-state index contributed by atoms with van der Waals surface area (Å²) in [7, 11) is 0. The topological polar surface area (TPSA) is 26.3 Å². The number of hydrogen-bond acceptors (Lipinski definition) is 2. The van der Waals surface area contributed by atoms with Gasteiger partial charge < -0.3 is 4.74 Å². The third-order valence-electron chi connectivity index (χ3n) is 15.5. The van der Waals surface area contributed by atoms with Gasteiger partial charge in [-0.25, -0.2) is 0 Å². The molecule has 0 rings (SSSR count). The number of hydrogen-bond donors (Lipinski definition) is 0. The average Bonchev–Trinajstić information content (AvgIpc) is 3.33. The van der Waals surface area contributed by atoms with E-state index < -0.39 is 0 Å². The highest BCUT2D eigenvalue weighted by molar-refractivity contribution is 5.69. The monoisotopic (exact) mass is 943 g/mol. The van der Waals surface area contributed by atoms with Crippen LogP contribution in [0.25, 0.3) is 0 Å². The van der Waals surface area contributed by atoms with E-state index in [1.165, 1.54) is 372 Å². The molecule has 0 aliphatic rings. The van der Waals surface area contributed by atoms with Crippen LogP contribution in [0.15, 0.2) is 0 Å². The minimum absolute atomic E-state index is 0.0375. The van der Waals surface area contributed by atoms with E-state index in [0.717, 1.165) is 12.8 Å². The van der Waals surface area contributed by atoms with Crippen molar-refractivity contribution in [2.75, 3.05) is 6.61 Å². The van der Waals surface area contributed by atoms with Crippen LogP contribution in [-0.4, -0.2) is 12.6 Å². The van der Waals surface area contributed by atoms with Gasteiger partial charge in [0, 0.05) is 6.42 Å². The number of carbonyl (C=O) groups is 1. The molecule has 0 fully saturated rings. The second kappa shape index (κ2) is 63.5. The molecule has 2 heteroatoms. The van der Waals surface area contributed by atoms with Gasteiger partial charge in [-0.05, 0) is 12.8 Å². The molecular formula is C65H130O2. The van der Waals surface area contributed by atoms with E-state index in [1.807, 2.05) is 0 Å². The Bertz CT molecular complexity index is 852. The van der Waals surface area contributed by atoms with Gasteiger partial charge in [-0.1, -0.05) is 386 Å². The van der Waals surface area contributed by atoms with Crippen LogP contribution >= 0.6 is 0 Å². The Morgan fingerprint density at radius 2 is 0.328 bits per heavy atom. The van der Waals surface area contributed by atoms with E-state index in [9.17, 15) is 4.79 Å². The van der Waals surface area contributed by atoms with Crippen molar-refractivity contribution in [3.8, 4) is 0 Å². The molecule has 0 amide bonds. The quantitative estimate of drug-likeness (QED) is 0.0449. The van der Waals surface area contributed by atoms with Crippen molar-refractivity contribution < 1.29 is 9.53 Å². The maximum atomic E-state index is 12.1. The molecule has 0 saturated carbocycles. The minimum Gasteiger partial charge on any atom is -0.466 e. The highest BCUT2D eigenvalue weighted by Crippen LogP contribution is 2.19. The van der Waals surface area contributed by atoms with Gasteiger partial charge in [-0.15, -0.1) is 0 Å². The summed E-state index contributed by atoms with van der Waals surface area (Å²) in [6, 6.07) is 0. The molecule has 0 saturated heterocycles. The summed E-state index contributed by atoms with van der Waals surface area (Å²) in [4.78, 5) is 12.1. The fraction of sp³-hybridized carbons (Fsp3) is 0.985. The highest BCUT2D eigenvalue weighted by atomic mass is 16.5. The maximum absolute atomic E-state index is 12.1. The molecule has 0 spiro atoms. The Balaban J connectivity index is 3.14. The Hall–Kier alpha value is -0.530. The van der Waals surface area contributed by atoms with E-state index in [2.05, 4.69) is 13.8 Å². The summed E-state index contributed by atoms with van der Waals surface area (Å²) in [5.41, 5.74) is 0. The minimum atomic E-state index is 0.0375. The van der Waals surface area contributed by atoms with Gasteiger partial charge in [0.05, 0.1) is 6.61 Å². The third-order valence-corrected chi connectivity index (χ3v) is 15.5. The van der Waals surface area contributed by atoms with Crippen molar-refractivity contribution in [1.82, 2.24) is 0 Å². The molecule has 67 heavy (non-hydrogen) atoms. The summed E-state index contributed by atoms with van der Waals surface area (Å²) in [6.07, 6.45) is 86.2. The van der Waals surface area contributed by atoms with Crippen LogP contribution in [0, 0.1) is 0 Å². The Labute approximate surface area is 425 Å². The molecular weight excluding hydrogens is 813 g/mol. The zero-order valence-electron chi connectivity index (χ0n) is 47.2. The molecule has 0 aliphatic carbocycles. The van der Waals surface area contributed by atoms with Crippen LogP contribution in [0.2, 0.25) is 0 Å². The summed E-state index contributed by atoms with van der Waals surface area (Å²) < 4.78 is 5.53. The van der Waals surface area contributed by atoms with Gasteiger partial charge in [0.1, 0.15) is 0 Å². The number of unbranched alkanes of at least 4 members (excludes halogenated alkanes) is 58. The standard InChI is InChI=1S/C65H130O2/c1-3-5-7-9-11-13-15-17-19-21-23-25-27-29-31-33-34-35-36-38-40-42-44-46-48-50-52-54-56-58-60-62-64-67-65(66)63-61-59-57-55-53-51-49-47-45-43-41-39-37-32-30-28-26-24-22-20-18-16-14-12-10-8-6-4-2/h3-64H2,1-2H3. The van der Waals surface area contributed by atoms with Crippen LogP contribution < -0.4 is 0 Å². The number of ether oxygens (including phenoxy) is 1. The predicted octanol–water partition coefficient (Wildman–Crippen LogP) is 24.4. The van der Waals surface area contributed by atoms with Crippen molar-refractivity contribution in [2.45, 2.75) is 406 Å². The lowest BCUT2D eigenvalue weighted by Crippen LogP contribution is -2.05. The zero-order chi connectivity index (χ0) is 48.1. The van der Waals surface area contributed by atoms with Gasteiger partial charge in [0.15, 0.2) is 0 Å². The molecule has 0 bridgehead atoms. The highest BCUT2D eigenvalue weighted by Gasteiger charge is 2.04. The molecule has 0 aromatic heterocycles. The smallest absolute Gasteiger partial charge is 0.305 e. The van der Waals surface area contributed by atoms with Gasteiger partial charge in [0.2, 0.25) is 0 Å². The second-order valence-corrected chi connectivity index (χ2v) is 22.5. The third kappa shape index (κ3) is 63.5. The number of carbonyl (C=O) groups excluding carboxylic acids is 1. The molecule has 0 heterocycles. The van der Waals surface area contributed by atoms with Crippen molar-refractivity contribution >= 4 is 5.97 Å². The first-order valence-electron chi connectivity index (χ1n) is 32.5. The number of esters is 1. The van der Waals surface area contributed by atoms with Gasteiger partial charge in [0.25, 0.3) is 0 Å². The average molecular weight is 944 g/mol. The van der Waals surface area contributed by atoms with Crippen molar-refractivity contribution in [2.24, 2.45) is 0 Å². The summed E-state index contributed by atoms with van der Waals surface area (Å²) >= 11 is 0. The molecule has 402 valence electrons. The van der Waals surface area contributed by atoms with Crippen molar-refractivity contribution in [3.05, 3.63) is 0 Å². The largest absolute Gasteiger partial charge is 0.466 e. The summed E-state index contributed by atoms with van der Waals surface area (Å²) in [5.74, 6) is 0.0375. The van der Waals surface area contributed by atoms with Crippen LogP contribution in [0.4, 0.5) is 0 Å². The summed E-state index contributed by atoms with van der Waals surface area (Å²) in [6.45, 7) is 5.25. The lowest BCUT2D eigenvalue weighted by atomic mass is 10.0. The SMILES string of the molecule is CCCCCCCCCCCCCCCCCCCCCCCCCCCCCCCCCCOC(=O)CCCCCCCCCCCCCCCCCCCCCCCCCCCCCC. The molecule has 0 aromatic rings. The van der Waals surface area contributed by atoms with Crippen LogP contribution in [-0.2, 0) is 9.53 Å². The summed E-state index contributed by atoms with van der Waals surface area (Å²) in [5, 5.41) is 0. The van der Waals surface area contributed by atoms with Crippen LogP contribution in [0.1, 0.15) is 406 Å². The molecule has 0 unspecified atom stereocenters. The van der Waals surface area contributed by atoms with E-state index in [1.54, 1.807) is 0 Å². The van der Waals surface area contributed by atoms with E-state index >= 15 is 0 Å². The maximum Gasteiger partial charge on any atom is 0.305 e. The first-order valence-corrected chi connectivity index (χ1v) is 32.5. The normalized spacial score (nSPS) is 11.6. The Morgan fingerprint density at radius 1 is 0.194 bits per heavy atom. The molecule has 0 aliphatic heterocycles. The van der Waals surface area contributed by atoms with Crippen LogP contribution in [0.5, 0.6) is 0 Å². The predicted molar refractivity (Wildman–Crippen MR) is 304 cm³/mol. The molecule has 2 nitrogen and oxygen atoms in total. The van der Waals surface area contributed by atoms with Gasteiger partial charge in [-0.3, -0.25) is 4.79 Å². The van der Waals surface area contributed by atoms with E-state index in [-0.39, 0.29) is 5.97 Å². The Morgan fingerprint density at radius 3 is 0.493 bits per heavy atom. The zero-order valence-corrected chi connectivity index (χ0v) is 47.2. The molecule has 0 aromatic carbocycles. The molecule has 0 radical (unpaired) electrons. The Kier molecular flexibility index (Phi) is 63.0. The number of rotatable bonds is 62. The second-order valence-electron chi connectivity index (χ2n) is 22.5. The van der Waals surface area contributed by atoms with Crippen molar-refractivity contribution in [3.63, 3.8) is 0 Å². The molecule has 0 N–H and O–H groups in total. The van der Waals surface area contributed by atoms with Gasteiger partial charge in [-0.2, -0.15) is 0 Å². The first-order chi connectivity index (χ1) is 33.3. The molecule has 0 atom stereocenters. The lowest BCUT2D eigenvalue weighted by molar-refractivity contribution is -0.143. The lowest BCUT2D eigenvalue weighted by Gasteiger charge is -2.06. The van der Waals surface area contributed by atoms with Crippen molar-refractivity contribution in [1.29, 1.82) is 0 Å². The first kappa shape index (κ1) is 66.5. The van der Waals surface area contributed by atoms with Gasteiger partial charge >= 0.3 is 5.97 Å². The fourth-order valence-corrected chi connectivity index (χ4v) is 10.7.